The molecule has 0 amide bonds. The van der Waals surface area contributed by atoms with Gasteiger partial charge in [-0.15, -0.1) is 0 Å². The van der Waals surface area contributed by atoms with Crippen LogP contribution < -0.4 is 0 Å². The molecule has 0 radical (unpaired) electrons. The van der Waals surface area contributed by atoms with Crippen LogP contribution in [0.1, 0.15) is 20.3 Å². The second-order valence-electron chi connectivity index (χ2n) is 2.89. The highest BCUT2D eigenvalue weighted by molar-refractivity contribution is 5.05. The van der Waals surface area contributed by atoms with Crippen molar-refractivity contribution in [2.45, 2.75) is 26.2 Å². The molecular weight excluding hydrogens is 156 g/mol. The zero-order chi connectivity index (χ0) is 9.19. The maximum Gasteiger partial charge on any atom is 0.332 e. The summed E-state index contributed by atoms with van der Waals surface area (Å²) in [6, 6.07) is 0. The molecule has 1 rings (SSSR count). The van der Waals surface area contributed by atoms with Crippen molar-refractivity contribution in [3.63, 3.8) is 0 Å². The van der Waals surface area contributed by atoms with Crippen molar-refractivity contribution < 1.29 is 14.2 Å². The van der Waals surface area contributed by atoms with Crippen LogP contribution in [-0.2, 0) is 14.2 Å². The van der Waals surface area contributed by atoms with E-state index < -0.39 is 5.97 Å². The van der Waals surface area contributed by atoms with Crippen LogP contribution in [0.3, 0.4) is 0 Å². The maximum absolute atomic E-state index is 5.53. The topological polar surface area (TPSA) is 27.7 Å². The van der Waals surface area contributed by atoms with Crippen LogP contribution in [-0.4, -0.2) is 20.2 Å². The van der Waals surface area contributed by atoms with E-state index in [1.165, 1.54) is 0 Å². The average molecular weight is 172 g/mol. The lowest BCUT2D eigenvalue weighted by molar-refractivity contribution is -0.353. The highest BCUT2D eigenvalue weighted by atomic mass is 16.9. The molecule has 1 heterocycles. The highest BCUT2D eigenvalue weighted by Gasteiger charge is 2.43. The Hall–Kier alpha value is -0.540. The summed E-state index contributed by atoms with van der Waals surface area (Å²) in [7, 11) is 3.18. The summed E-state index contributed by atoms with van der Waals surface area (Å²) >= 11 is 0. The number of methoxy groups -OCH3 is 2. The molecule has 1 aliphatic rings. The third kappa shape index (κ3) is 1.34. The summed E-state index contributed by atoms with van der Waals surface area (Å²) in [6.45, 7) is 4.05. The van der Waals surface area contributed by atoms with Crippen molar-refractivity contribution in [3.8, 4) is 0 Å². The van der Waals surface area contributed by atoms with Gasteiger partial charge in [0.2, 0.25) is 0 Å². The first-order valence-corrected chi connectivity index (χ1v) is 4.18. The van der Waals surface area contributed by atoms with E-state index in [0.29, 0.717) is 0 Å². The summed E-state index contributed by atoms with van der Waals surface area (Å²) < 4.78 is 15.9. The molecule has 0 N–H and O–H groups in total. The lowest BCUT2D eigenvalue weighted by atomic mass is 10.1. The Labute approximate surface area is 73.3 Å². The average Bonchev–Trinajstić information content (AvgIpc) is 2.43. The number of allylic oxidation sites excluding steroid dienone is 1. The summed E-state index contributed by atoms with van der Waals surface area (Å²) in [4.78, 5) is 0. The fraction of sp³-hybridized carbons (Fsp3) is 0.778. The molecule has 0 aliphatic carbocycles. The van der Waals surface area contributed by atoms with E-state index in [1.54, 1.807) is 14.2 Å². The van der Waals surface area contributed by atoms with Gasteiger partial charge in [-0.25, -0.2) is 0 Å². The van der Waals surface area contributed by atoms with Gasteiger partial charge in [0, 0.05) is 20.6 Å². The Morgan fingerprint density at radius 2 is 2.08 bits per heavy atom. The van der Waals surface area contributed by atoms with Crippen LogP contribution in [0.4, 0.5) is 0 Å². The fourth-order valence-electron chi connectivity index (χ4n) is 1.42. The van der Waals surface area contributed by atoms with E-state index in [4.69, 9.17) is 14.2 Å². The number of hydrogen-bond acceptors (Lipinski definition) is 3. The SMILES string of the molecule is CCC1=CC(C)C(OC)(OC)O1. The second kappa shape index (κ2) is 3.46. The predicted molar refractivity (Wildman–Crippen MR) is 45.4 cm³/mol. The van der Waals surface area contributed by atoms with Crippen LogP contribution in [0, 0.1) is 5.92 Å². The van der Waals surface area contributed by atoms with E-state index in [1.807, 2.05) is 19.9 Å². The van der Waals surface area contributed by atoms with Crippen molar-refractivity contribution in [3.05, 3.63) is 11.8 Å². The van der Waals surface area contributed by atoms with Gasteiger partial charge in [-0.3, -0.25) is 0 Å². The number of rotatable bonds is 3. The van der Waals surface area contributed by atoms with Gasteiger partial charge in [-0.2, -0.15) is 0 Å². The minimum Gasteiger partial charge on any atom is -0.443 e. The molecule has 70 valence electrons. The van der Waals surface area contributed by atoms with Crippen LogP contribution in [0.15, 0.2) is 11.8 Å². The Morgan fingerprint density at radius 1 is 1.50 bits per heavy atom. The van der Waals surface area contributed by atoms with Gasteiger partial charge in [-0.1, -0.05) is 6.92 Å². The van der Waals surface area contributed by atoms with E-state index >= 15 is 0 Å². The Kier molecular flexibility index (Phi) is 2.75. The van der Waals surface area contributed by atoms with Crippen molar-refractivity contribution in [2.75, 3.05) is 14.2 Å². The number of ether oxygens (including phenoxy) is 3. The van der Waals surface area contributed by atoms with Gasteiger partial charge >= 0.3 is 5.97 Å². The Balaban J connectivity index is 2.73. The van der Waals surface area contributed by atoms with Crippen molar-refractivity contribution in [1.82, 2.24) is 0 Å². The van der Waals surface area contributed by atoms with Gasteiger partial charge in [0.15, 0.2) is 0 Å². The molecule has 1 unspecified atom stereocenters. The zero-order valence-corrected chi connectivity index (χ0v) is 8.09. The van der Waals surface area contributed by atoms with Gasteiger partial charge in [0.1, 0.15) is 0 Å². The second-order valence-corrected chi connectivity index (χ2v) is 2.89. The molecule has 0 aromatic carbocycles. The summed E-state index contributed by atoms with van der Waals surface area (Å²) in [5.74, 6) is 0.194. The van der Waals surface area contributed by atoms with E-state index in [-0.39, 0.29) is 5.92 Å². The standard InChI is InChI=1S/C9H16O3/c1-5-8-6-7(2)9(10-3,11-4)12-8/h6-7H,5H2,1-4H3. The normalized spacial score (nSPS) is 26.7. The fourth-order valence-corrected chi connectivity index (χ4v) is 1.42. The van der Waals surface area contributed by atoms with Crippen LogP contribution in [0.2, 0.25) is 0 Å². The van der Waals surface area contributed by atoms with Crippen molar-refractivity contribution >= 4 is 0 Å². The third-order valence-electron chi connectivity index (χ3n) is 2.18. The first kappa shape index (κ1) is 9.55. The lowest BCUT2D eigenvalue weighted by Gasteiger charge is -2.29. The van der Waals surface area contributed by atoms with Crippen molar-refractivity contribution in [2.24, 2.45) is 5.92 Å². The molecule has 3 nitrogen and oxygen atoms in total. The molecule has 0 fully saturated rings. The van der Waals surface area contributed by atoms with E-state index in [0.717, 1.165) is 12.2 Å². The molecule has 12 heavy (non-hydrogen) atoms. The summed E-state index contributed by atoms with van der Waals surface area (Å²) in [5, 5.41) is 0. The van der Waals surface area contributed by atoms with Crippen LogP contribution >= 0.6 is 0 Å². The van der Waals surface area contributed by atoms with Gasteiger partial charge < -0.3 is 14.2 Å². The van der Waals surface area contributed by atoms with Gasteiger partial charge in [-0.05, 0) is 13.0 Å². The van der Waals surface area contributed by atoms with Gasteiger partial charge in [0.25, 0.3) is 0 Å². The first-order chi connectivity index (χ1) is 5.68. The smallest absolute Gasteiger partial charge is 0.332 e. The van der Waals surface area contributed by atoms with Crippen LogP contribution in [0.5, 0.6) is 0 Å². The highest BCUT2D eigenvalue weighted by Crippen LogP contribution is 2.35. The van der Waals surface area contributed by atoms with Crippen LogP contribution in [0.25, 0.3) is 0 Å². The Bertz CT molecular complexity index is 182. The van der Waals surface area contributed by atoms with Crippen molar-refractivity contribution in [1.29, 1.82) is 0 Å². The molecule has 1 aliphatic heterocycles. The van der Waals surface area contributed by atoms with E-state index in [2.05, 4.69) is 0 Å². The minimum absolute atomic E-state index is 0.141. The molecule has 0 saturated heterocycles. The molecule has 0 aromatic rings. The molecule has 0 bridgehead atoms. The first-order valence-electron chi connectivity index (χ1n) is 4.18. The predicted octanol–water partition coefficient (Wildman–Crippen LogP) is 1.89. The quantitative estimate of drug-likeness (QED) is 0.608. The largest absolute Gasteiger partial charge is 0.443 e. The molecule has 1 atom stereocenters. The Morgan fingerprint density at radius 3 is 2.33 bits per heavy atom. The molecule has 0 spiro atoms. The summed E-state index contributed by atoms with van der Waals surface area (Å²) in [6.07, 6.45) is 2.91. The summed E-state index contributed by atoms with van der Waals surface area (Å²) in [5.41, 5.74) is 0. The van der Waals surface area contributed by atoms with Gasteiger partial charge in [0.05, 0.1) is 11.7 Å². The maximum atomic E-state index is 5.53. The lowest BCUT2D eigenvalue weighted by Crippen LogP contribution is -2.38. The molecule has 0 aromatic heterocycles. The molecular formula is C9H16O3. The molecule has 0 saturated carbocycles. The van der Waals surface area contributed by atoms with E-state index in [9.17, 15) is 0 Å². The molecule has 3 heteroatoms. The zero-order valence-electron chi connectivity index (χ0n) is 8.09. The minimum atomic E-state index is -0.884. The third-order valence-corrected chi connectivity index (χ3v) is 2.18. The monoisotopic (exact) mass is 172 g/mol. The number of hydrogen-bond donors (Lipinski definition) is 0.